The summed E-state index contributed by atoms with van der Waals surface area (Å²) in [6.07, 6.45) is 6.12. The molecule has 4 aromatic rings. The largest absolute Gasteiger partial charge is 0.363 e. The van der Waals surface area contributed by atoms with Gasteiger partial charge in [0.25, 0.3) is 0 Å². The summed E-state index contributed by atoms with van der Waals surface area (Å²) >= 11 is 2.39. The Morgan fingerprint density at radius 3 is 2.64 bits per heavy atom. The molecule has 1 N–H and O–H groups in total. The number of thiazole rings is 1. The summed E-state index contributed by atoms with van der Waals surface area (Å²) in [6.45, 7) is 3.37. The maximum absolute atomic E-state index is 16.6. The number of ether oxygens (including phenoxy) is 1. The molecule has 44 heavy (non-hydrogen) atoms. The second-order valence-corrected chi connectivity index (χ2v) is 13.1. The summed E-state index contributed by atoms with van der Waals surface area (Å²) in [5.41, 5.74) is 1.65. The molecule has 1 aliphatic heterocycles. The highest BCUT2D eigenvalue weighted by Gasteiger charge is 2.34. The van der Waals surface area contributed by atoms with E-state index in [1.165, 1.54) is 42.5 Å². The van der Waals surface area contributed by atoms with E-state index in [2.05, 4.69) is 15.2 Å². The van der Waals surface area contributed by atoms with E-state index in [9.17, 15) is 13.6 Å². The zero-order valence-corrected chi connectivity index (χ0v) is 26.0. The molecule has 1 saturated carbocycles. The lowest BCUT2D eigenvalue weighted by molar-refractivity contribution is -0.114. The van der Waals surface area contributed by atoms with Crippen LogP contribution in [0.15, 0.2) is 59.6 Å². The predicted molar refractivity (Wildman–Crippen MR) is 168 cm³/mol. The number of piperidine rings is 1. The third-order valence-corrected chi connectivity index (χ3v) is 10.1. The number of nitrogens with one attached hydrogen (secondary N) is 1. The smallest absolute Gasteiger partial charge is 0.222 e. The van der Waals surface area contributed by atoms with E-state index in [-0.39, 0.29) is 34.7 Å². The van der Waals surface area contributed by atoms with Gasteiger partial charge in [0.05, 0.1) is 26.2 Å². The van der Waals surface area contributed by atoms with Gasteiger partial charge in [-0.15, -0.1) is 11.3 Å². The Kier molecular flexibility index (Phi) is 9.22. The fourth-order valence-electron chi connectivity index (χ4n) is 5.48. The number of hydrogen-bond acceptors (Lipinski definition) is 8. The van der Waals surface area contributed by atoms with Gasteiger partial charge in [-0.2, -0.15) is 0 Å². The molecule has 1 amide bonds. The van der Waals surface area contributed by atoms with Crippen molar-refractivity contribution in [3.63, 3.8) is 0 Å². The first-order chi connectivity index (χ1) is 21.3. The van der Waals surface area contributed by atoms with Crippen LogP contribution in [0.2, 0.25) is 0 Å². The molecule has 2 aromatic carbocycles. The number of carbonyl (C=O) groups is 1. The van der Waals surface area contributed by atoms with Crippen LogP contribution >= 0.6 is 23.3 Å². The van der Waals surface area contributed by atoms with Crippen molar-refractivity contribution in [3.05, 3.63) is 77.2 Å². The van der Waals surface area contributed by atoms with E-state index < -0.39 is 17.5 Å². The van der Waals surface area contributed by atoms with Crippen LogP contribution in [0.4, 0.5) is 24.7 Å². The second-order valence-electron chi connectivity index (χ2n) is 11.0. The Morgan fingerprint density at radius 1 is 1.11 bits per heavy atom. The lowest BCUT2D eigenvalue weighted by Gasteiger charge is -2.30. The number of amides is 1. The molecule has 230 valence electrons. The molecule has 2 aliphatic rings. The average Bonchev–Trinajstić information content (AvgIpc) is 3.77. The molecular weight excluding hydrogens is 608 g/mol. The molecule has 2 aromatic heterocycles. The lowest BCUT2D eigenvalue weighted by Crippen LogP contribution is -2.34. The SMILES string of the molecule is COCN(Sc1cc(F)ccc1F)c1cccc(-c2nc(C3CCN(C4CC4)CC3)sc2-c2ccnc(NC(C)=O)c2)c1F. The van der Waals surface area contributed by atoms with Crippen molar-refractivity contribution in [2.24, 2.45) is 0 Å². The van der Waals surface area contributed by atoms with Crippen LogP contribution in [-0.4, -0.2) is 53.7 Å². The molecule has 3 heterocycles. The molecule has 1 saturated heterocycles. The highest BCUT2D eigenvalue weighted by atomic mass is 32.2. The van der Waals surface area contributed by atoms with Crippen molar-refractivity contribution in [1.82, 2.24) is 14.9 Å². The fourth-order valence-corrected chi connectivity index (χ4v) is 7.69. The normalized spacial score (nSPS) is 15.8. The average molecular weight is 640 g/mol. The van der Waals surface area contributed by atoms with Gasteiger partial charge < -0.3 is 15.0 Å². The van der Waals surface area contributed by atoms with E-state index in [4.69, 9.17) is 9.72 Å². The van der Waals surface area contributed by atoms with Gasteiger partial charge in [0.2, 0.25) is 5.91 Å². The Labute approximate surface area is 262 Å². The molecule has 7 nitrogen and oxygen atoms in total. The summed E-state index contributed by atoms with van der Waals surface area (Å²) in [6, 6.07) is 12.4. The van der Waals surface area contributed by atoms with Crippen LogP contribution < -0.4 is 9.62 Å². The third-order valence-electron chi connectivity index (χ3n) is 7.76. The van der Waals surface area contributed by atoms with Crippen LogP contribution in [-0.2, 0) is 9.53 Å². The van der Waals surface area contributed by atoms with Crippen LogP contribution in [0.1, 0.15) is 43.5 Å². The van der Waals surface area contributed by atoms with E-state index in [1.807, 2.05) is 6.07 Å². The monoisotopic (exact) mass is 639 g/mol. The van der Waals surface area contributed by atoms with Gasteiger partial charge in [0.1, 0.15) is 24.2 Å². The summed E-state index contributed by atoms with van der Waals surface area (Å²) in [5, 5.41) is 3.66. The summed E-state index contributed by atoms with van der Waals surface area (Å²) in [5.74, 6) is -1.39. The number of likely N-dealkylation sites (tertiary alicyclic amines) is 1. The zero-order chi connectivity index (χ0) is 30.8. The van der Waals surface area contributed by atoms with E-state index in [1.54, 1.807) is 30.5 Å². The molecule has 1 aliphatic carbocycles. The maximum Gasteiger partial charge on any atom is 0.222 e. The highest BCUT2D eigenvalue weighted by Crippen LogP contribution is 2.45. The number of benzene rings is 2. The molecule has 0 unspecified atom stereocenters. The first-order valence-corrected chi connectivity index (χ1v) is 16.1. The van der Waals surface area contributed by atoms with E-state index in [0.717, 1.165) is 71.5 Å². The minimum atomic E-state index is -0.624. The number of rotatable bonds is 10. The van der Waals surface area contributed by atoms with Gasteiger partial charge in [0, 0.05) is 37.8 Å². The van der Waals surface area contributed by atoms with Crippen molar-refractivity contribution < 1.29 is 22.7 Å². The maximum atomic E-state index is 16.6. The van der Waals surface area contributed by atoms with Crippen molar-refractivity contribution in [1.29, 1.82) is 0 Å². The Morgan fingerprint density at radius 2 is 1.91 bits per heavy atom. The Balaban J connectivity index is 1.40. The van der Waals surface area contributed by atoms with Crippen molar-refractivity contribution in [2.75, 3.05) is 36.6 Å². The minimum Gasteiger partial charge on any atom is -0.363 e. The quantitative estimate of drug-likeness (QED) is 0.141. The number of anilines is 2. The highest BCUT2D eigenvalue weighted by molar-refractivity contribution is 8.00. The van der Waals surface area contributed by atoms with Gasteiger partial charge in [-0.1, -0.05) is 6.07 Å². The summed E-state index contributed by atoms with van der Waals surface area (Å²) in [7, 11) is 1.45. The number of nitrogens with zero attached hydrogens (tertiary/aromatic N) is 4. The standard InChI is InChI=1S/C32H32F3N5O2S2/c1-19(41)37-28-16-21(10-13-36-28)31-30(38-32(43-31)20-11-14-39(15-12-20)23-7-8-23)24-4-3-5-26(29(24)35)40(18-42-2)44-27-17-22(33)6-9-25(27)34/h3-6,9-10,13,16-17,20,23H,7-8,11-12,14-15,18H2,1-2H3,(H,36,37,41). The number of methoxy groups -OCH3 is 1. The van der Waals surface area contributed by atoms with Crippen molar-refractivity contribution >= 4 is 40.7 Å². The fraction of sp³-hybridized carbons (Fsp3) is 0.344. The van der Waals surface area contributed by atoms with Crippen LogP contribution in [0, 0.1) is 17.5 Å². The molecule has 2 fully saturated rings. The van der Waals surface area contributed by atoms with Crippen LogP contribution in [0.3, 0.4) is 0 Å². The predicted octanol–water partition coefficient (Wildman–Crippen LogP) is 7.71. The second kappa shape index (κ2) is 13.3. The Bertz CT molecular complexity index is 1660. The molecule has 0 spiro atoms. The topological polar surface area (TPSA) is 70.6 Å². The van der Waals surface area contributed by atoms with Crippen LogP contribution in [0.5, 0.6) is 0 Å². The van der Waals surface area contributed by atoms with Gasteiger partial charge in [-0.05, 0) is 98.7 Å². The Hall–Kier alpha value is -3.45. The summed E-state index contributed by atoms with van der Waals surface area (Å²) < 4.78 is 51.8. The molecule has 0 radical (unpaired) electrons. The van der Waals surface area contributed by atoms with E-state index in [0.29, 0.717) is 17.6 Å². The zero-order valence-electron chi connectivity index (χ0n) is 24.4. The number of halogens is 3. The summed E-state index contributed by atoms with van der Waals surface area (Å²) in [4.78, 5) is 24.4. The number of hydrogen-bond donors (Lipinski definition) is 1. The molecule has 0 bridgehead atoms. The number of carbonyl (C=O) groups excluding carboxylic acids is 1. The minimum absolute atomic E-state index is 0.00307. The van der Waals surface area contributed by atoms with Gasteiger partial charge in [-0.25, -0.2) is 23.1 Å². The molecule has 6 rings (SSSR count). The van der Waals surface area contributed by atoms with Gasteiger partial charge in [0.15, 0.2) is 5.82 Å². The molecule has 12 heteroatoms. The third kappa shape index (κ3) is 6.78. The van der Waals surface area contributed by atoms with E-state index >= 15 is 4.39 Å². The molecular formula is C32H32F3N5O2S2. The van der Waals surface area contributed by atoms with Crippen molar-refractivity contribution in [3.8, 4) is 21.7 Å². The first kappa shape index (κ1) is 30.6. The number of pyridine rings is 1. The molecule has 0 atom stereocenters. The van der Waals surface area contributed by atoms with Gasteiger partial charge in [-0.3, -0.25) is 9.10 Å². The van der Waals surface area contributed by atoms with Crippen molar-refractivity contribution in [2.45, 2.75) is 49.5 Å². The van der Waals surface area contributed by atoms with Crippen LogP contribution in [0.25, 0.3) is 21.7 Å². The van der Waals surface area contributed by atoms with Gasteiger partial charge >= 0.3 is 0 Å². The lowest BCUT2D eigenvalue weighted by atomic mass is 9.97. The number of aromatic nitrogens is 2. The first-order valence-electron chi connectivity index (χ1n) is 14.5.